The molecule has 3 rings (SSSR count). The van der Waals surface area contributed by atoms with Gasteiger partial charge in [-0.2, -0.15) is 0 Å². The van der Waals surface area contributed by atoms with Crippen LogP contribution in [0.15, 0.2) is 82.4 Å². The fourth-order valence-corrected chi connectivity index (χ4v) is 3.40. The molecule has 6 heteroatoms. The molecule has 0 unspecified atom stereocenters. The van der Waals surface area contributed by atoms with Gasteiger partial charge in [-0.15, -0.1) is 0 Å². The Morgan fingerprint density at radius 2 is 1.52 bits per heavy atom. The van der Waals surface area contributed by atoms with E-state index in [0.717, 1.165) is 24.5 Å². The summed E-state index contributed by atoms with van der Waals surface area (Å²) >= 11 is 0. The monoisotopic (exact) mass is 418 g/mol. The largest absolute Gasteiger partial charge is 0.459 e. The number of aliphatic imine (C=N–C) groups is 1. The minimum atomic E-state index is -0.182. The van der Waals surface area contributed by atoms with Crippen molar-refractivity contribution >= 4 is 11.9 Å². The predicted octanol–water partition coefficient (Wildman–Crippen LogP) is 3.71. The average molecular weight is 419 g/mol. The van der Waals surface area contributed by atoms with E-state index in [0.29, 0.717) is 18.8 Å². The van der Waals surface area contributed by atoms with E-state index in [2.05, 4.69) is 69.5 Å². The Hall–Kier alpha value is -3.54. The molecule has 0 bridgehead atoms. The average Bonchev–Trinajstić information content (AvgIpc) is 3.25. The smallest absolute Gasteiger partial charge is 0.287 e. The third kappa shape index (κ3) is 6.47. The van der Waals surface area contributed by atoms with Crippen LogP contribution < -0.4 is 16.0 Å². The van der Waals surface area contributed by atoms with Crippen molar-refractivity contribution in [3.63, 3.8) is 0 Å². The number of nitrogens with one attached hydrogen (secondary N) is 3. The highest BCUT2D eigenvalue weighted by Gasteiger charge is 2.14. The topological polar surface area (TPSA) is 78.7 Å². The number of furan rings is 1. The molecule has 3 aromatic rings. The summed E-state index contributed by atoms with van der Waals surface area (Å²) < 4.78 is 5.21. The SMILES string of the molecule is CN=C(NCCCNC(=O)c1occc1C)NCC(c1ccccc1)c1ccccc1. The molecule has 1 aromatic heterocycles. The Kier molecular flexibility index (Phi) is 8.29. The summed E-state index contributed by atoms with van der Waals surface area (Å²) in [5, 5.41) is 9.62. The molecule has 0 spiro atoms. The molecular weight excluding hydrogens is 388 g/mol. The van der Waals surface area contributed by atoms with Gasteiger partial charge in [0.2, 0.25) is 0 Å². The molecule has 0 aliphatic heterocycles. The van der Waals surface area contributed by atoms with Crippen molar-refractivity contribution in [2.75, 3.05) is 26.7 Å². The second kappa shape index (κ2) is 11.6. The van der Waals surface area contributed by atoms with E-state index in [9.17, 15) is 4.79 Å². The summed E-state index contributed by atoms with van der Waals surface area (Å²) in [6.45, 7) is 3.83. The van der Waals surface area contributed by atoms with Gasteiger partial charge < -0.3 is 20.4 Å². The van der Waals surface area contributed by atoms with Crippen LogP contribution >= 0.6 is 0 Å². The third-order valence-electron chi connectivity index (χ3n) is 5.10. The number of carbonyl (C=O) groups is 1. The van der Waals surface area contributed by atoms with E-state index in [1.165, 1.54) is 17.4 Å². The number of hydrogen-bond donors (Lipinski definition) is 3. The molecule has 1 amide bonds. The number of rotatable bonds is 9. The van der Waals surface area contributed by atoms with Crippen LogP contribution in [-0.2, 0) is 0 Å². The normalized spacial score (nSPS) is 11.4. The number of guanidine groups is 1. The lowest BCUT2D eigenvalue weighted by molar-refractivity contribution is 0.0925. The van der Waals surface area contributed by atoms with Crippen LogP contribution in [0.2, 0.25) is 0 Å². The molecule has 0 saturated carbocycles. The number of amides is 1. The Morgan fingerprint density at radius 1 is 0.903 bits per heavy atom. The molecule has 0 radical (unpaired) electrons. The Labute approximate surface area is 183 Å². The van der Waals surface area contributed by atoms with Crippen LogP contribution in [0, 0.1) is 6.92 Å². The fraction of sp³-hybridized carbons (Fsp3) is 0.280. The maximum atomic E-state index is 12.1. The van der Waals surface area contributed by atoms with Crippen LogP contribution in [0.1, 0.15) is 39.6 Å². The minimum Gasteiger partial charge on any atom is -0.459 e. The van der Waals surface area contributed by atoms with Crippen molar-refractivity contribution in [2.45, 2.75) is 19.3 Å². The van der Waals surface area contributed by atoms with Gasteiger partial charge in [0, 0.05) is 38.2 Å². The molecule has 0 aliphatic rings. The maximum Gasteiger partial charge on any atom is 0.287 e. The molecule has 0 fully saturated rings. The Bertz CT molecular complexity index is 928. The fourth-order valence-electron chi connectivity index (χ4n) is 3.40. The van der Waals surface area contributed by atoms with Crippen molar-refractivity contribution in [2.24, 2.45) is 4.99 Å². The van der Waals surface area contributed by atoms with Gasteiger partial charge >= 0.3 is 0 Å². The minimum absolute atomic E-state index is 0.182. The highest BCUT2D eigenvalue weighted by atomic mass is 16.3. The number of hydrogen-bond acceptors (Lipinski definition) is 3. The van der Waals surface area contributed by atoms with Crippen molar-refractivity contribution in [1.29, 1.82) is 0 Å². The molecule has 162 valence electrons. The van der Waals surface area contributed by atoms with Gasteiger partial charge in [0.05, 0.1) is 6.26 Å². The molecular formula is C25H30N4O2. The van der Waals surface area contributed by atoms with E-state index < -0.39 is 0 Å². The highest BCUT2D eigenvalue weighted by Crippen LogP contribution is 2.23. The second-order valence-electron chi connectivity index (χ2n) is 7.30. The first-order valence-electron chi connectivity index (χ1n) is 10.6. The summed E-state index contributed by atoms with van der Waals surface area (Å²) in [7, 11) is 1.76. The van der Waals surface area contributed by atoms with Gasteiger partial charge in [-0.25, -0.2) is 0 Å². The van der Waals surface area contributed by atoms with Crippen molar-refractivity contribution in [3.05, 3.63) is 95.4 Å². The van der Waals surface area contributed by atoms with Gasteiger partial charge in [0.15, 0.2) is 11.7 Å². The van der Waals surface area contributed by atoms with Crippen LogP contribution in [-0.4, -0.2) is 38.5 Å². The van der Waals surface area contributed by atoms with Gasteiger partial charge in [-0.3, -0.25) is 9.79 Å². The van der Waals surface area contributed by atoms with Crippen LogP contribution in [0.5, 0.6) is 0 Å². The predicted molar refractivity (Wildman–Crippen MR) is 124 cm³/mol. The first-order chi connectivity index (χ1) is 15.2. The lowest BCUT2D eigenvalue weighted by Gasteiger charge is -2.20. The zero-order chi connectivity index (χ0) is 21.9. The molecule has 6 nitrogen and oxygen atoms in total. The van der Waals surface area contributed by atoms with E-state index in [-0.39, 0.29) is 11.8 Å². The summed E-state index contributed by atoms with van der Waals surface area (Å²) in [6.07, 6.45) is 2.30. The summed E-state index contributed by atoms with van der Waals surface area (Å²) in [5.41, 5.74) is 3.35. The zero-order valence-corrected chi connectivity index (χ0v) is 18.1. The van der Waals surface area contributed by atoms with Crippen molar-refractivity contribution in [3.8, 4) is 0 Å². The number of aryl methyl sites for hydroxylation is 1. The summed E-state index contributed by atoms with van der Waals surface area (Å²) in [4.78, 5) is 16.4. The van der Waals surface area contributed by atoms with E-state index in [1.54, 1.807) is 13.1 Å². The zero-order valence-electron chi connectivity index (χ0n) is 18.1. The van der Waals surface area contributed by atoms with Gasteiger partial charge in [-0.1, -0.05) is 60.7 Å². The van der Waals surface area contributed by atoms with E-state index in [4.69, 9.17) is 4.42 Å². The van der Waals surface area contributed by atoms with Crippen LogP contribution in [0.3, 0.4) is 0 Å². The Balaban J connectivity index is 1.46. The van der Waals surface area contributed by atoms with Crippen molar-refractivity contribution < 1.29 is 9.21 Å². The molecule has 0 atom stereocenters. The summed E-state index contributed by atoms with van der Waals surface area (Å²) in [6, 6.07) is 22.7. The van der Waals surface area contributed by atoms with Crippen LogP contribution in [0.4, 0.5) is 0 Å². The first kappa shape index (κ1) is 22.2. The van der Waals surface area contributed by atoms with E-state index in [1.807, 2.05) is 19.1 Å². The molecule has 2 aromatic carbocycles. The molecule has 31 heavy (non-hydrogen) atoms. The quantitative estimate of drug-likeness (QED) is 0.281. The lowest BCUT2D eigenvalue weighted by Crippen LogP contribution is -2.40. The van der Waals surface area contributed by atoms with Crippen LogP contribution in [0.25, 0.3) is 0 Å². The number of nitrogens with zero attached hydrogens (tertiary/aromatic N) is 1. The second-order valence-corrected chi connectivity index (χ2v) is 7.30. The van der Waals surface area contributed by atoms with Crippen molar-refractivity contribution in [1.82, 2.24) is 16.0 Å². The van der Waals surface area contributed by atoms with Gasteiger partial charge in [0.25, 0.3) is 5.91 Å². The molecule has 3 N–H and O–H groups in total. The number of carbonyl (C=O) groups excluding carboxylic acids is 1. The summed E-state index contributed by atoms with van der Waals surface area (Å²) in [5.74, 6) is 1.15. The number of benzene rings is 2. The molecule has 0 saturated heterocycles. The van der Waals surface area contributed by atoms with E-state index >= 15 is 0 Å². The maximum absolute atomic E-state index is 12.1. The lowest BCUT2D eigenvalue weighted by atomic mass is 9.91. The van der Waals surface area contributed by atoms with Gasteiger partial charge in [-0.05, 0) is 30.5 Å². The standard InChI is InChI=1S/C25H30N4O2/c1-19-14-17-31-23(19)24(30)27-15-9-16-28-25(26-2)29-18-22(20-10-5-3-6-11-20)21-12-7-4-8-13-21/h3-8,10-14,17,22H,9,15-16,18H2,1-2H3,(H,27,30)(H2,26,28,29). The highest BCUT2D eigenvalue weighted by molar-refractivity contribution is 5.92. The first-order valence-corrected chi connectivity index (χ1v) is 10.6. The van der Waals surface area contributed by atoms with Gasteiger partial charge in [0.1, 0.15) is 0 Å². The Morgan fingerprint density at radius 3 is 2.06 bits per heavy atom. The molecule has 0 aliphatic carbocycles. The third-order valence-corrected chi connectivity index (χ3v) is 5.10. The molecule has 1 heterocycles.